The maximum absolute atomic E-state index is 2.58. The molecule has 30 rings (SSSR count). The highest BCUT2D eigenvalue weighted by Gasteiger charge is 2.42. The van der Waals surface area contributed by atoms with E-state index >= 15 is 0 Å². The molecule has 0 unspecified atom stereocenters. The number of hydrogen-bond donors (Lipinski definition) is 0. The molecule has 0 saturated heterocycles. The lowest BCUT2D eigenvalue weighted by molar-refractivity contribution is 0.933. The third kappa shape index (κ3) is 13.6. The Morgan fingerprint density at radius 2 is 0.621 bits per heavy atom. The van der Waals surface area contributed by atoms with E-state index in [1.54, 1.807) is 0 Å². The largest absolute Gasteiger partial charge is 0.406 e. The van der Waals surface area contributed by atoms with Crippen LogP contribution in [0.25, 0.3) is 120 Å². The number of nitrogens with zero attached hydrogens (tertiary/aromatic N) is 6. The van der Waals surface area contributed by atoms with Crippen molar-refractivity contribution >= 4 is 217 Å². The van der Waals surface area contributed by atoms with E-state index in [1.807, 2.05) is 0 Å². The first-order valence-corrected chi connectivity index (χ1v) is 46.3. The molecule has 12 heteroatoms. The molecule has 0 aromatic heterocycles. The first-order valence-electron chi connectivity index (χ1n) is 46.3. The van der Waals surface area contributed by atoms with Gasteiger partial charge in [-0.1, -0.05) is 406 Å². The lowest BCUT2D eigenvalue weighted by atomic mass is 9.43. The van der Waals surface area contributed by atoms with Gasteiger partial charge in [-0.2, -0.15) is 0 Å². The van der Waals surface area contributed by atoms with Gasteiger partial charge in [0.05, 0.1) is 0 Å². The maximum Gasteiger partial charge on any atom is 0.324 e. The lowest BCUT2D eigenvalue weighted by Gasteiger charge is -2.42. The van der Waals surface area contributed by atoms with Crippen molar-refractivity contribution in [1.29, 1.82) is 0 Å². The van der Waals surface area contributed by atoms with Crippen LogP contribution in [0.1, 0.15) is 55.6 Å². The Kier molecular flexibility index (Phi) is 19.6. The van der Waals surface area contributed by atoms with Gasteiger partial charge in [-0.25, -0.2) is 0 Å². The van der Waals surface area contributed by atoms with Crippen molar-refractivity contribution in [2.24, 2.45) is 0 Å². The van der Waals surface area contributed by atoms with Gasteiger partial charge in [0.1, 0.15) is 0 Å². The summed E-state index contributed by atoms with van der Waals surface area (Å²) in [5.41, 5.74) is 37.6. The van der Waals surface area contributed by atoms with Crippen molar-refractivity contribution in [3.05, 3.63) is 499 Å². The van der Waals surface area contributed by atoms with Gasteiger partial charge in [-0.15, -0.1) is 0 Å². The summed E-state index contributed by atoms with van der Waals surface area (Å²) in [4.78, 5) is 14.6. The summed E-state index contributed by atoms with van der Waals surface area (Å²) in [5, 5.41) is 10.5. The van der Waals surface area contributed by atoms with Crippen molar-refractivity contribution in [3.8, 4) is 22.3 Å². The maximum atomic E-state index is 2.58. The molecule has 614 valence electrons. The van der Waals surface area contributed by atoms with Gasteiger partial charge in [-0.3, -0.25) is 0 Å². The van der Waals surface area contributed by atoms with Crippen LogP contribution in [0.4, 0.5) is 39.8 Å². The summed E-state index contributed by atoms with van der Waals surface area (Å²) in [7, 11) is 0. The molecule has 6 nitrogen and oxygen atoms in total. The van der Waals surface area contributed by atoms with E-state index in [0.29, 0.717) is 27.4 Å². The standard InChI is InChI=1S/C20H14BN.C20H16BN.4C20H14BN/c1-5-11-19-15(7-1)13-14-21-18-10-4-2-8-16(18)17-9-3-6-12-20(17)22(19)21;1-4-10-18-15(7-1)13-14-22-20-12-6-3-9-17(20)16-8-2-5-11-19(16)21(18)22;1-3-7-18-15(5-1)9-10-17-11-13-21-19-8-4-2-6-16(19)12-14-22(21)20(17)18;1-3-7-17-15(5-1)9-10-20-18(17)11-13-21-19-8-4-2-6-16(19)12-14-22(20)21;1-3-7-18-15(5-1)9-10-17-12-14-22-19-8-4-2-6-16(19)11-13-21(22)20(17)18;1-2-7-17-14-20-18(13-16(17)6-1)9-11-21-19-8-4-3-5-15(19)10-12-22(20)21/h1-14H;1-12H,13-14H2;4*1-14H. The Hall–Kier alpha value is -16.2. The van der Waals surface area contributed by atoms with Crippen LogP contribution in [-0.4, -0.2) is 47.6 Å². The van der Waals surface area contributed by atoms with Gasteiger partial charge in [0, 0.05) is 68.4 Å². The van der Waals surface area contributed by atoms with E-state index in [1.165, 1.54) is 199 Å². The van der Waals surface area contributed by atoms with Crippen LogP contribution in [0.15, 0.2) is 443 Å². The SMILES string of the molecule is C1=Cc2c(ccc3ccccc23)N2C=Cc3ccccc3B12.C1=Cc2cc3ccccc3cc2N2C=Cc3ccccc3B12.C1=Cc2ccc3ccccc3c2N2C=Cc3ccccc3B12.C1=Cc2ccccc2N2B1c1ccccc1-c1ccccc12.C1=Cc2ccccc2N2C=Cc3ccc4ccccc4c3B12.c1ccc2c(c1)CCN1B2c2ccccc2-c2ccccc21. The molecule has 18 aromatic carbocycles. The van der Waals surface area contributed by atoms with E-state index in [-0.39, 0.29) is 13.7 Å². The highest BCUT2D eigenvalue weighted by Crippen LogP contribution is 2.46. The smallest absolute Gasteiger partial charge is 0.324 e. The Bertz CT molecular complexity index is 7810. The van der Waals surface area contributed by atoms with Crippen molar-refractivity contribution < 1.29 is 0 Å². The van der Waals surface area contributed by atoms with Crippen LogP contribution in [0, 0.1) is 0 Å². The summed E-state index contributed by atoms with van der Waals surface area (Å²) in [6, 6.07) is 140. The third-order valence-corrected chi connectivity index (χ3v) is 28.4. The molecule has 0 N–H and O–H groups in total. The predicted octanol–water partition coefficient (Wildman–Crippen LogP) is 23.5. The zero-order valence-electron chi connectivity index (χ0n) is 72.9. The second kappa shape index (κ2) is 33.2. The minimum Gasteiger partial charge on any atom is -0.406 e. The molecule has 0 radical (unpaired) electrons. The number of anilines is 7. The highest BCUT2D eigenvalue weighted by molar-refractivity contribution is 6.91. The van der Waals surface area contributed by atoms with E-state index in [4.69, 9.17) is 0 Å². The lowest BCUT2D eigenvalue weighted by Crippen LogP contribution is -2.63. The fourth-order valence-corrected chi connectivity index (χ4v) is 22.3. The van der Waals surface area contributed by atoms with Crippen LogP contribution in [0.2, 0.25) is 0 Å². The van der Waals surface area contributed by atoms with Crippen LogP contribution < -0.4 is 67.1 Å². The first kappa shape index (κ1) is 78.1. The van der Waals surface area contributed by atoms with Crippen LogP contribution in [-0.2, 0) is 6.42 Å². The molecule has 0 fully saturated rings. The fourth-order valence-electron chi connectivity index (χ4n) is 22.3. The van der Waals surface area contributed by atoms with Gasteiger partial charge < -0.3 is 28.9 Å². The van der Waals surface area contributed by atoms with Gasteiger partial charge in [0.15, 0.2) is 0 Å². The molecule has 132 heavy (non-hydrogen) atoms. The van der Waals surface area contributed by atoms with Gasteiger partial charge in [0.25, 0.3) is 0 Å². The number of para-hydroxylation sites is 4. The number of rotatable bonds is 0. The summed E-state index contributed by atoms with van der Waals surface area (Å²) in [5.74, 6) is 11.6. The minimum atomic E-state index is 0.279. The van der Waals surface area contributed by atoms with E-state index < -0.39 is 0 Å². The average Bonchev–Trinajstić information content (AvgIpc) is 0.720. The summed E-state index contributed by atoms with van der Waals surface area (Å²) in [6.45, 7) is 2.90. The van der Waals surface area contributed by atoms with E-state index in [0.717, 1.165) is 13.0 Å². The van der Waals surface area contributed by atoms with Gasteiger partial charge in [0.2, 0.25) is 0 Å². The van der Waals surface area contributed by atoms with Crippen LogP contribution in [0.5, 0.6) is 0 Å². The molecule has 0 bridgehead atoms. The van der Waals surface area contributed by atoms with E-state index in [2.05, 4.69) is 526 Å². The zero-order valence-corrected chi connectivity index (χ0v) is 72.9. The summed E-state index contributed by atoms with van der Waals surface area (Å²) in [6.07, 6.45) is 30.2. The Morgan fingerprint density at radius 3 is 1.30 bits per heavy atom. The molecular formula is C120H86B6N6. The van der Waals surface area contributed by atoms with Crippen molar-refractivity contribution in [2.75, 3.05) is 35.4 Å². The highest BCUT2D eigenvalue weighted by atomic mass is 15.1. The Labute approximate surface area is 774 Å². The minimum absolute atomic E-state index is 0.279. The molecular weight excluding hydrogens is 1590 g/mol. The number of benzene rings is 18. The quantitative estimate of drug-likeness (QED) is 0.140. The predicted molar refractivity (Wildman–Crippen MR) is 575 cm³/mol. The zero-order chi connectivity index (χ0) is 87.1. The fraction of sp³-hybridized carbons (Fsp3) is 0.0167. The second-order valence-electron chi connectivity index (χ2n) is 35.5. The van der Waals surface area contributed by atoms with Crippen LogP contribution >= 0.6 is 0 Å². The molecule has 0 spiro atoms. The molecule has 0 amide bonds. The van der Waals surface area contributed by atoms with Crippen molar-refractivity contribution in [2.45, 2.75) is 6.42 Å². The summed E-state index contributed by atoms with van der Waals surface area (Å²) < 4.78 is 0. The average molecular weight is 1680 g/mol. The monoisotopic (exact) mass is 1680 g/mol. The Balaban J connectivity index is 0.0000000851. The van der Waals surface area contributed by atoms with Crippen LogP contribution in [0.3, 0.4) is 0 Å². The Morgan fingerprint density at radius 1 is 0.212 bits per heavy atom. The van der Waals surface area contributed by atoms with Gasteiger partial charge in [-0.05, 0) is 235 Å². The normalized spacial score (nSPS) is 14.6. The topological polar surface area (TPSA) is 19.4 Å². The van der Waals surface area contributed by atoms with Gasteiger partial charge >= 0.3 is 41.1 Å². The molecule has 0 saturated carbocycles. The number of fused-ring (bicyclic) bond motifs is 43. The van der Waals surface area contributed by atoms with Crippen molar-refractivity contribution in [3.63, 3.8) is 0 Å². The van der Waals surface area contributed by atoms with E-state index in [9.17, 15) is 0 Å². The first-order chi connectivity index (χ1) is 65.5. The molecule has 0 aliphatic carbocycles. The third-order valence-electron chi connectivity index (χ3n) is 28.4. The summed E-state index contributed by atoms with van der Waals surface area (Å²) >= 11 is 0. The van der Waals surface area contributed by atoms with Crippen molar-refractivity contribution in [1.82, 2.24) is 0 Å². The molecule has 12 aliphatic rings. The molecule has 0 atom stereocenters. The molecule has 18 aromatic rings. The molecule has 12 aliphatic heterocycles. The number of hydrogen-bond acceptors (Lipinski definition) is 6. The molecule has 12 heterocycles. The second-order valence-corrected chi connectivity index (χ2v) is 35.5.